The van der Waals surface area contributed by atoms with Gasteiger partial charge in [0.1, 0.15) is 0 Å². The Balaban J connectivity index is 1.60. The molecule has 0 aromatic carbocycles. The van der Waals surface area contributed by atoms with Crippen molar-refractivity contribution >= 4 is 0 Å². The van der Waals surface area contributed by atoms with Gasteiger partial charge in [-0.3, -0.25) is 9.88 Å². The molecule has 1 saturated heterocycles. The lowest BCUT2D eigenvalue weighted by Gasteiger charge is -2.30. The lowest BCUT2D eigenvalue weighted by molar-refractivity contribution is 0.190. The van der Waals surface area contributed by atoms with Crippen molar-refractivity contribution in [2.75, 3.05) is 19.6 Å². The first-order valence-electron chi connectivity index (χ1n) is 7.66. The Labute approximate surface area is 116 Å². The maximum atomic E-state index is 4.33. The van der Waals surface area contributed by atoms with E-state index in [2.05, 4.69) is 28.2 Å². The van der Waals surface area contributed by atoms with Crippen molar-refractivity contribution in [1.29, 1.82) is 0 Å². The number of aromatic nitrogens is 1. The monoisotopic (exact) mass is 259 g/mol. The summed E-state index contributed by atoms with van der Waals surface area (Å²) in [7, 11) is 0. The molecule has 1 aromatic rings. The number of piperidine rings is 1. The van der Waals surface area contributed by atoms with Crippen molar-refractivity contribution in [3.63, 3.8) is 0 Å². The molecule has 0 bridgehead atoms. The van der Waals surface area contributed by atoms with Gasteiger partial charge in [0, 0.05) is 31.5 Å². The van der Waals surface area contributed by atoms with E-state index >= 15 is 0 Å². The van der Waals surface area contributed by atoms with E-state index in [1.54, 1.807) is 0 Å². The molecule has 19 heavy (non-hydrogen) atoms. The maximum absolute atomic E-state index is 4.33. The van der Waals surface area contributed by atoms with Crippen LogP contribution in [0.25, 0.3) is 0 Å². The quantitative estimate of drug-likeness (QED) is 0.880. The van der Waals surface area contributed by atoms with Gasteiger partial charge in [-0.2, -0.15) is 0 Å². The molecule has 1 aliphatic carbocycles. The molecule has 1 saturated carbocycles. The third-order valence-corrected chi connectivity index (χ3v) is 4.33. The summed E-state index contributed by atoms with van der Waals surface area (Å²) in [5, 5.41) is 3.46. The fourth-order valence-electron chi connectivity index (χ4n) is 3.12. The van der Waals surface area contributed by atoms with Gasteiger partial charge in [0.2, 0.25) is 0 Å². The molecule has 0 spiro atoms. The second kappa shape index (κ2) is 6.02. The van der Waals surface area contributed by atoms with E-state index in [-0.39, 0.29) is 0 Å². The largest absolute Gasteiger partial charge is 0.317 e. The van der Waals surface area contributed by atoms with Gasteiger partial charge >= 0.3 is 0 Å². The van der Waals surface area contributed by atoms with Crippen molar-refractivity contribution in [3.05, 3.63) is 29.6 Å². The first-order chi connectivity index (χ1) is 9.31. The number of rotatable bonds is 5. The number of hydrogen-bond acceptors (Lipinski definition) is 3. The molecule has 1 aliphatic heterocycles. The predicted octanol–water partition coefficient (Wildman–Crippen LogP) is 2.35. The van der Waals surface area contributed by atoms with Crippen LogP contribution in [0.15, 0.2) is 18.5 Å². The van der Waals surface area contributed by atoms with Crippen LogP contribution in [-0.2, 0) is 6.54 Å². The van der Waals surface area contributed by atoms with Crippen LogP contribution in [0.5, 0.6) is 0 Å². The number of hydrogen-bond donors (Lipinski definition) is 1. The summed E-state index contributed by atoms with van der Waals surface area (Å²) in [6.07, 6.45) is 9.45. The van der Waals surface area contributed by atoms with Crippen LogP contribution in [0.1, 0.15) is 36.8 Å². The van der Waals surface area contributed by atoms with Gasteiger partial charge in [-0.25, -0.2) is 0 Å². The van der Waals surface area contributed by atoms with Crippen molar-refractivity contribution in [2.45, 2.75) is 45.2 Å². The van der Waals surface area contributed by atoms with Crippen molar-refractivity contribution in [1.82, 2.24) is 15.2 Å². The average Bonchev–Trinajstić information content (AvgIpc) is 3.23. The Hall–Kier alpha value is -0.930. The summed E-state index contributed by atoms with van der Waals surface area (Å²) in [6, 6.07) is 3.13. The minimum Gasteiger partial charge on any atom is -0.317 e. The number of pyridine rings is 1. The van der Waals surface area contributed by atoms with Gasteiger partial charge in [-0.1, -0.05) is 6.07 Å². The Kier molecular flexibility index (Phi) is 4.14. The normalized spacial score (nSPS) is 20.9. The van der Waals surface area contributed by atoms with Gasteiger partial charge < -0.3 is 5.32 Å². The summed E-state index contributed by atoms with van der Waals surface area (Å²) in [4.78, 5) is 7.03. The Morgan fingerprint density at radius 2 is 2.00 bits per heavy atom. The fraction of sp³-hybridized carbons (Fsp3) is 0.688. The highest BCUT2D eigenvalue weighted by Gasteiger charge is 2.30. The van der Waals surface area contributed by atoms with Gasteiger partial charge in [0.05, 0.1) is 0 Å². The summed E-state index contributed by atoms with van der Waals surface area (Å²) in [5.74, 6) is 0.889. The zero-order valence-electron chi connectivity index (χ0n) is 11.9. The van der Waals surface area contributed by atoms with E-state index in [1.165, 1.54) is 56.4 Å². The van der Waals surface area contributed by atoms with Crippen LogP contribution in [0.4, 0.5) is 0 Å². The number of nitrogens with zero attached hydrogens (tertiary/aromatic N) is 2. The molecule has 1 N–H and O–H groups in total. The van der Waals surface area contributed by atoms with E-state index in [0.717, 1.165) is 18.5 Å². The van der Waals surface area contributed by atoms with Crippen LogP contribution in [0.2, 0.25) is 0 Å². The zero-order valence-corrected chi connectivity index (χ0v) is 11.9. The van der Waals surface area contributed by atoms with E-state index in [9.17, 15) is 0 Å². The van der Waals surface area contributed by atoms with Crippen LogP contribution < -0.4 is 5.32 Å². The van der Waals surface area contributed by atoms with Gasteiger partial charge in [-0.15, -0.1) is 0 Å². The van der Waals surface area contributed by atoms with E-state index in [0.29, 0.717) is 0 Å². The Bertz CT molecular complexity index is 408. The second-order valence-electron chi connectivity index (χ2n) is 6.22. The predicted molar refractivity (Wildman–Crippen MR) is 78.0 cm³/mol. The smallest absolute Gasteiger partial charge is 0.0313 e. The Morgan fingerprint density at radius 1 is 1.21 bits per heavy atom. The molecule has 3 heteroatoms. The van der Waals surface area contributed by atoms with E-state index in [1.807, 2.05) is 12.4 Å². The fourth-order valence-corrected chi connectivity index (χ4v) is 3.12. The molecule has 0 atom stereocenters. The van der Waals surface area contributed by atoms with Crippen LogP contribution >= 0.6 is 0 Å². The standard InChI is InChI=1S/C16H25N3/c1-13-8-15(10-18-9-13)12-19(16-2-3-16)11-14-4-6-17-7-5-14/h8-10,14,16-17H,2-7,11-12H2,1H3. The van der Waals surface area contributed by atoms with Crippen molar-refractivity contribution < 1.29 is 0 Å². The molecule has 0 amide bonds. The van der Waals surface area contributed by atoms with E-state index in [4.69, 9.17) is 0 Å². The second-order valence-corrected chi connectivity index (χ2v) is 6.22. The van der Waals surface area contributed by atoms with Crippen molar-refractivity contribution in [2.24, 2.45) is 5.92 Å². The molecule has 3 rings (SSSR count). The summed E-state index contributed by atoms with van der Waals surface area (Å²) < 4.78 is 0. The van der Waals surface area contributed by atoms with E-state index < -0.39 is 0 Å². The highest BCUT2D eigenvalue weighted by Crippen LogP contribution is 2.30. The number of nitrogens with one attached hydrogen (secondary N) is 1. The zero-order chi connectivity index (χ0) is 13.1. The summed E-state index contributed by atoms with van der Waals surface area (Å²) >= 11 is 0. The van der Waals surface area contributed by atoms with Crippen LogP contribution in [-0.4, -0.2) is 35.6 Å². The first-order valence-corrected chi connectivity index (χ1v) is 7.66. The maximum Gasteiger partial charge on any atom is 0.0313 e. The molecule has 0 radical (unpaired) electrons. The molecular formula is C16H25N3. The lowest BCUT2D eigenvalue weighted by Crippen LogP contribution is -2.37. The van der Waals surface area contributed by atoms with Gasteiger partial charge in [-0.05, 0) is 62.7 Å². The minimum atomic E-state index is 0.843. The number of aryl methyl sites for hydroxylation is 1. The highest BCUT2D eigenvalue weighted by atomic mass is 15.2. The topological polar surface area (TPSA) is 28.2 Å². The summed E-state index contributed by atoms with van der Waals surface area (Å²) in [5.41, 5.74) is 2.65. The molecule has 2 aliphatic rings. The SMILES string of the molecule is Cc1cncc(CN(CC2CCNCC2)C2CC2)c1. The van der Waals surface area contributed by atoms with Crippen molar-refractivity contribution in [3.8, 4) is 0 Å². The third kappa shape index (κ3) is 3.77. The van der Waals surface area contributed by atoms with Crippen LogP contribution in [0.3, 0.4) is 0 Å². The Morgan fingerprint density at radius 3 is 2.68 bits per heavy atom. The molecule has 2 heterocycles. The van der Waals surface area contributed by atoms with Gasteiger partial charge in [0.25, 0.3) is 0 Å². The molecule has 0 unspecified atom stereocenters. The molecule has 2 fully saturated rings. The molecule has 3 nitrogen and oxygen atoms in total. The molecular weight excluding hydrogens is 234 g/mol. The minimum absolute atomic E-state index is 0.843. The van der Waals surface area contributed by atoms with Gasteiger partial charge in [0.15, 0.2) is 0 Å². The third-order valence-electron chi connectivity index (χ3n) is 4.33. The van der Waals surface area contributed by atoms with Crippen LogP contribution in [0, 0.1) is 12.8 Å². The highest BCUT2D eigenvalue weighted by molar-refractivity contribution is 5.16. The average molecular weight is 259 g/mol. The molecule has 1 aromatic heterocycles. The summed E-state index contributed by atoms with van der Waals surface area (Å²) in [6.45, 7) is 6.90. The first kappa shape index (κ1) is 13.1. The molecule has 104 valence electrons. The lowest BCUT2D eigenvalue weighted by atomic mass is 9.97.